The third-order valence-corrected chi connectivity index (χ3v) is 9.06. The lowest BCUT2D eigenvalue weighted by molar-refractivity contribution is 0.0297. The van der Waals surface area contributed by atoms with Gasteiger partial charge in [-0.25, -0.2) is 9.07 Å². The number of halogens is 1. The van der Waals surface area contributed by atoms with Crippen molar-refractivity contribution in [3.05, 3.63) is 77.4 Å². The molecule has 3 aromatic heterocycles. The first-order valence-corrected chi connectivity index (χ1v) is 14.2. The molecule has 1 unspecified atom stereocenters. The summed E-state index contributed by atoms with van der Waals surface area (Å²) in [5, 5.41) is 20.7. The Balaban J connectivity index is 1.57. The molecule has 0 spiro atoms. The minimum Gasteiger partial charge on any atom is -0.385 e. The van der Waals surface area contributed by atoms with Gasteiger partial charge in [-0.3, -0.25) is 4.98 Å². The van der Waals surface area contributed by atoms with Crippen LogP contribution in [0.15, 0.2) is 54.7 Å². The fourth-order valence-corrected chi connectivity index (χ4v) is 6.80. The molecule has 1 saturated carbocycles. The number of aromatic nitrogens is 5. The number of benzene rings is 2. The van der Waals surface area contributed by atoms with E-state index in [0.29, 0.717) is 24.3 Å². The highest BCUT2D eigenvalue weighted by molar-refractivity contribution is 6.07. The topological polar surface area (TPSA) is 78.0 Å². The number of pyridine rings is 1. The second kappa shape index (κ2) is 9.49. The summed E-state index contributed by atoms with van der Waals surface area (Å²) in [6.07, 6.45) is 5.39. The second-order valence-electron chi connectivity index (χ2n) is 11.7. The van der Waals surface area contributed by atoms with Gasteiger partial charge in [0.05, 0.1) is 39.6 Å². The van der Waals surface area contributed by atoms with Gasteiger partial charge in [0.1, 0.15) is 0 Å². The number of aliphatic hydroxyl groups is 1. The van der Waals surface area contributed by atoms with Crippen molar-refractivity contribution in [3.8, 4) is 11.3 Å². The molecule has 1 N–H and O–H groups in total. The quantitative estimate of drug-likeness (QED) is 0.284. The molecule has 2 aliphatic rings. The van der Waals surface area contributed by atoms with Gasteiger partial charge in [0, 0.05) is 43.0 Å². The van der Waals surface area contributed by atoms with Crippen molar-refractivity contribution in [3.63, 3.8) is 0 Å². The molecule has 1 aliphatic heterocycles. The molecular formula is C32H34FN5O2. The second-order valence-corrected chi connectivity index (χ2v) is 11.7. The molecule has 0 radical (unpaired) electrons. The molecular weight excluding hydrogens is 505 g/mol. The Morgan fingerprint density at radius 1 is 1.07 bits per heavy atom. The highest BCUT2D eigenvalue weighted by Gasteiger charge is 2.44. The van der Waals surface area contributed by atoms with E-state index in [4.69, 9.17) is 9.72 Å². The van der Waals surface area contributed by atoms with Crippen LogP contribution in [0.5, 0.6) is 0 Å². The highest BCUT2D eigenvalue weighted by atomic mass is 19.1. The number of hydrogen-bond acceptors (Lipinski definition) is 5. The Kier molecular flexibility index (Phi) is 6.02. The molecule has 2 atom stereocenters. The Morgan fingerprint density at radius 2 is 1.82 bits per heavy atom. The molecule has 1 saturated heterocycles. The molecule has 5 aromatic rings. The first kappa shape index (κ1) is 25.4. The molecule has 7 rings (SSSR count). The van der Waals surface area contributed by atoms with Gasteiger partial charge in [-0.05, 0) is 63.0 Å². The van der Waals surface area contributed by atoms with Crippen molar-refractivity contribution in [1.29, 1.82) is 0 Å². The zero-order chi connectivity index (χ0) is 27.6. The van der Waals surface area contributed by atoms with Crippen LogP contribution in [0.3, 0.4) is 0 Å². The number of hydrogen-bond donors (Lipinski definition) is 1. The van der Waals surface area contributed by atoms with Crippen molar-refractivity contribution >= 4 is 21.9 Å². The summed E-state index contributed by atoms with van der Waals surface area (Å²) in [5.74, 6) is -0.0474. The first-order valence-electron chi connectivity index (χ1n) is 14.2. The number of rotatable bonds is 6. The van der Waals surface area contributed by atoms with E-state index in [2.05, 4.69) is 33.1 Å². The zero-order valence-corrected chi connectivity index (χ0v) is 23.1. The number of nitrogens with zero attached hydrogens (tertiary/aromatic N) is 5. The lowest BCUT2D eigenvalue weighted by Gasteiger charge is -2.33. The van der Waals surface area contributed by atoms with Gasteiger partial charge in [-0.2, -0.15) is 0 Å². The average Bonchev–Trinajstić information content (AvgIpc) is 3.72. The summed E-state index contributed by atoms with van der Waals surface area (Å²) in [5.41, 5.74) is 4.93. The summed E-state index contributed by atoms with van der Waals surface area (Å²) in [6, 6.07) is 16.0. The molecule has 40 heavy (non-hydrogen) atoms. The minimum atomic E-state index is -1.23. The van der Waals surface area contributed by atoms with Crippen LogP contribution in [-0.4, -0.2) is 42.9 Å². The summed E-state index contributed by atoms with van der Waals surface area (Å²) in [4.78, 5) is 4.93. The monoisotopic (exact) mass is 539 g/mol. The Hall–Kier alpha value is -3.62. The van der Waals surface area contributed by atoms with Gasteiger partial charge < -0.3 is 14.4 Å². The van der Waals surface area contributed by atoms with Crippen LogP contribution in [-0.2, 0) is 17.4 Å². The maximum Gasteiger partial charge on any atom is 0.153 e. The third-order valence-electron chi connectivity index (χ3n) is 9.06. The van der Waals surface area contributed by atoms with E-state index in [0.717, 1.165) is 64.6 Å². The van der Waals surface area contributed by atoms with Crippen molar-refractivity contribution in [1.82, 2.24) is 24.5 Å². The van der Waals surface area contributed by atoms with Crippen molar-refractivity contribution in [2.24, 2.45) is 18.9 Å². The van der Waals surface area contributed by atoms with E-state index in [9.17, 15) is 5.11 Å². The molecule has 2 fully saturated rings. The summed E-state index contributed by atoms with van der Waals surface area (Å²) in [7, 11) is 1.87. The van der Waals surface area contributed by atoms with Crippen LogP contribution in [0.4, 0.5) is 4.39 Å². The van der Waals surface area contributed by atoms with Crippen molar-refractivity contribution < 1.29 is 14.2 Å². The molecule has 0 amide bonds. The van der Waals surface area contributed by atoms with E-state index in [-0.39, 0.29) is 23.7 Å². The van der Waals surface area contributed by atoms with Gasteiger partial charge in [0.25, 0.3) is 0 Å². The predicted molar refractivity (Wildman–Crippen MR) is 152 cm³/mol. The maximum atomic E-state index is 16.9. The Morgan fingerprint density at radius 3 is 2.50 bits per heavy atom. The third kappa shape index (κ3) is 3.96. The summed E-state index contributed by atoms with van der Waals surface area (Å²) >= 11 is 0. The fourth-order valence-electron chi connectivity index (χ4n) is 6.80. The number of ether oxygens (including phenoxy) is 1. The van der Waals surface area contributed by atoms with Crippen LogP contribution >= 0.6 is 0 Å². The van der Waals surface area contributed by atoms with E-state index < -0.39 is 5.60 Å². The van der Waals surface area contributed by atoms with Crippen LogP contribution in [0.25, 0.3) is 33.2 Å². The molecule has 4 heterocycles. The molecule has 7 nitrogen and oxygen atoms in total. The van der Waals surface area contributed by atoms with Crippen molar-refractivity contribution in [2.75, 3.05) is 13.2 Å². The lowest BCUT2D eigenvalue weighted by atomic mass is 9.86. The van der Waals surface area contributed by atoms with Crippen LogP contribution < -0.4 is 0 Å². The van der Waals surface area contributed by atoms with E-state index in [1.54, 1.807) is 17.7 Å². The molecule has 0 bridgehead atoms. The van der Waals surface area contributed by atoms with E-state index in [1.807, 2.05) is 44.4 Å². The number of aryl methyl sites for hydroxylation is 2. The standard InChI is InChI=1S/C32H34FN5O2/c1-19-29(37(3)36-35-19)22-17-26-28(34-18-22)24-11-12-25(32(2,39)23-9-10-23)27(33)31(24)38(26)30(20-7-5-4-6-8-20)21-13-15-40-16-14-21/h4-8,11-12,17-18,21,23,30,39H,9-10,13-16H2,1-3H3/t30-,32?/m1/s1. The Bertz CT molecular complexity index is 1690. The van der Waals surface area contributed by atoms with Crippen molar-refractivity contribution in [2.45, 2.75) is 51.2 Å². The van der Waals surface area contributed by atoms with Gasteiger partial charge >= 0.3 is 0 Å². The molecule has 206 valence electrons. The molecule has 8 heteroatoms. The predicted octanol–water partition coefficient (Wildman–Crippen LogP) is 6.07. The molecule has 1 aliphatic carbocycles. The summed E-state index contributed by atoms with van der Waals surface area (Å²) < 4.78 is 26.6. The largest absolute Gasteiger partial charge is 0.385 e. The molecule has 2 aromatic carbocycles. The van der Waals surface area contributed by atoms with E-state index >= 15 is 4.39 Å². The number of fused-ring (bicyclic) bond motifs is 3. The SMILES string of the molecule is Cc1nnn(C)c1-c1cnc2c3ccc(C(C)(O)C4CC4)c(F)c3n([C@H](c3ccccc3)C3CCOCC3)c2c1. The van der Waals surface area contributed by atoms with Gasteiger partial charge in [-0.15, -0.1) is 5.10 Å². The van der Waals surface area contributed by atoms with Gasteiger partial charge in [-0.1, -0.05) is 47.7 Å². The maximum absolute atomic E-state index is 16.9. The normalized spacial score (nSPS) is 18.8. The van der Waals surface area contributed by atoms with Crippen LogP contribution in [0.1, 0.15) is 55.5 Å². The highest BCUT2D eigenvalue weighted by Crippen LogP contribution is 2.48. The van der Waals surface area contributed by atoms with Gasteiger partial charge in [0.2, 0.25) is 0 Å². The van der Waals surface area contributed by atoms with Crippen LogP contribution in [0.2, 0.25) is 0 Å². The van der Waals surface area contributed by atoms with Crippen LogP contribution in [0, 0.1) is 24.6 Å². The zero-order valence-electron chi connectivity index (χ0n) is 23.1. The van der Waals surface area contributed by atoms with E-state index in [1.165, 1.54) is 0 Å². The Labute approximate surface area is 232 Å². The average molecular weight is 540 g/mol. The lowest BCUT2D eigenvalue weighted by Crippen LogP contribution is -2.28. The smallest absolute Gasteiger partial charge is 0.153 e. The first-order chi connectivity index (χ1) is 19.4. The fraction of sp³-hybridized carbons (Fsp3) is 0.406. The van der Waals surface area contributed by atoms with Gasteiger partial charge in [0.15, 0.2) is 5.82 Å². The summed E-state index contributed by atoms with van der Waals surface area (Å²) in [6.45, 7) is 5.05. The minimum absolute atomic E-state index is 0.0720.